The first-order valence-corrected chi connectivity index (χ1v) is 10.9. The Morgan fingerprint density at radius 1 is 1.00 bits per heavy atom. The van der Waals surface area contributed by atoms with Crippen LogP contribution in [0.1, 0.15) is 53.9 Å². The number of aliphatic carboxylic acids is 1. The van der Waals surface area contributed by atoms with Gasteiger partial charge in [-0.15, -0.1) is 0 Å². The van der Waals surface area contributed by atoms with E-state index < -0.39 is 18.0 Å². The Hall–Kier alpha value is -3.28. The molecular formula is C25H26N2O4. The number of rotatable bonds is 3. The Morgan fingerprint density at radius 2 is 1.74 bits per heavy atom. The van der Waals surface area contributed by atoms with Crippen molar-refractivity contribution >= 4 is 28.5 Å². The third-order valence-corrected chi connectivity index (χ3v) is 7.01. The van der Waals surface area contributed by atoms with Gasteiger partial charge < -0.3 is 19.7 Å². The SMILES string of the molecule is CN1c2ccccc2-c2c(C3CCCCC3)c3ccc(C(=O)O)cc3n2CC1C(=O)O. The van der Waals surface area contributed by atoms with Crippen molar-refractivity contribution in [3.8, 4) is 11.3 Å². The summed E-state index contributed by atoms with van der Waals surface area (Å²) in [4.78, 5) is 25.7. The topological polar surface area (TPSA) is 82.8 Å². The molecule has 31 heavy (non-hydrogen) atoms. The van der Waals surface area contributed by atoms with Crippen LogP contribution in [0, 0.1) is 0 Å². The first-order valence-electron chi connectivity index (χ1n) is 10.9. The van der Waals surface area contributed by atoms with Gasteiger partial charge in [0.1, 0.15) is 6.04 Å². The molecule has 1 aliphatic heterocycles. The third-order valence-electron chi connectivity index (χ3n) is 7.01. The number of carbonyl (C=O) groups is 2. The molecule has 2 heterocycles. The molecule has 0 spiro atoms. The Labute approximate surface area is 180 Å². The van der Waals surface area contributed by atoms with Crippen molar-refractivity contribution in [1.82, 2.24) is 4.57 Å². The van der Waals surface area contributed by atoms with Crippen LogP contribution in [0.5, 0.6) is 0 Å². The zero-order chi connectivity index (χ0) is 21.7. The average molecular weight is 418 g/mol. The van der Waals surface area contributed by atoms with Crippen LogP contribution in [-0.2, 0) is 11.3 Å². The summed E-state index contributed by atoms with van der Waals surface area (Å²) < 4.78 is 2.06. The number of aromatic carboxylic acids is 1. The van der Waals surface area contributed by atoms with Crippen LogP contribution < -0.4 is 4.90 Å². The molecule has 6 nitrogen and oxygen atoms in total. The van der Waals surface area contributed by atoms with E-state index in [4.69, 9.17) is 0 Å². The lowest BCUT2D eigenvalue weighted by molar-refractivity contribution is -0.138. The van der Waals surface area contributed by atoms with Crippen molar-refractivity contribution in [3.63, 3.8) is 0 Å². The fourth-order valence-electron chi connectivity index (χ4n) is 5.48. The molecule has 2 aliphatic rings. The minimum Gasteiger partial charge on any atom is -0.480 e. The number of carboxylic acids is 2. The van der Waals surface area contributed by atoms with Crippen molar-refractivity contribution in [3.05, 3.63) is 53.6 Å². The van der Waals surface area contributed by atoms with Crippen LogP contribution in [0.3, 0.4) is 0 Å². The lowest BCUT2D eigenvalue weighted by atomic mass is 9.81. The summed E-state index contributed by atoms with van der Waals surface area (Å²) in [5.41, 5.74) is 5.25. The molecule has 1 unspecified atom stereocenters. The molecule has 2 aromatic carbocycles. The van der Waals surface area contributed by atoms with Gasteiger partial charge in [-0.3, -0.25) is 0 Å². The van der Waals surface area contributed by atoms with Gasteiger partial charge in [0.25, 0.3) is 0 Å². The predicted molar refractivity (Wildman–Crippen MR) is 120 cm³/mol. The van der Waals surface area contributed by atoms with Crippen molar-refractivity contribution in [2.75, 3.05) is 11.9 Å². The molecule has 6 heteroatoms. The smallest absolute Gasteiger partial charge is 0.335 e. The van der Waals surface area contributed by atoms with Crippen molar-refractivity contribution in [1.29, 1.82) is 0 Å². The number of aromatic nitrogens is 1. The number of hydrogen-bond acceptors (Lipinski definition) is 3. The molecule has 1 aromatic heterocycles. The molecule has 160 valence electrons. The Balaban J connectivity index is 1.87. The van der Waals surface area contributed by atoms with E-state index in [1.807, 2.05) is 36.2 Å². The zero-order valence-electron chi connectivity index (χ0n) is 17.5. The van der Waals surface area contributed by atoms with E-state index in [1.165, 1.54) is 24.8 Å². The highest BCUT2D eigenvalue weighted by atomic mass is 16.4. The van der Waals surface area contributed by atoms with Gasteiger partial charge in [-0.25, -0.2) is 9.59 Å². The largest absolute Gasteiger partial charge is 0.480 e. The van der Waals surface area contributed by atoms with E-state index in [0.29, 0.717) is 5.92 Å². The summed E-state index contributed by atoms with van der Waals surface area (Å²) in [6.07, 6.45) is 5.82. The van der Waals surface area contributed by atoms with Crippen LogP contribution >= 0.6 is 0 Å². The molecule has 0 saturated heterocycles. The van der Waals surface area contributed by atoms with E-state index in [-0.39, 0.29) is 12.1 Å². The Morgan fingerprint density at radius 3 is 2.45 bits per heavy atom. The van der Waals surface area contributed by atoms with Gasteiger partial charge in [0.2, 0.25) is 0 Å². The van der Waals surface area contributed by atoms with Crippen LogP contribution in [0.2, 0.25) is 0 Å². The first kappa shape index (κ1) is 19.7. The Bertz CT molecular complexity index is 1190. The van der Waals surface area contributed by atoms with Crippen LogP contribution in [0.25, 0.3) is 22.2 Å². The summed E-state index contributed by atoms with van der Waals surface area (Å²) in [7, 11) is 1.83. The number of carboxylic acid groups (broad SMARTS) is 2. The minimum atomic E-state index is -0.974. The van der Waals surface area contributed by atoms with Gasteiger partial charge >= 0.3 is 11.9 Å². The van der Waals surface area contributed by atoms with Crippen molar-refractivity contribution in [2.24, 2.45) is 0 Å². The van der Waals surface area contributed by atoms with Gasteiger partial charge in [-0.05, 0) is 42.5 Å². The monoisotopic (exact) mass is 418 g/mol. The second-order valence-electron chi connectivity index (χ2n) is 8.73. The summed E-state index contributed by atoms with van der Waals surface area (Å²) in [6.45, 7) is 0.266. The lowest BCUT2D eigenvalue weighted by Crippen LogP contribution is -2.40. The molecule has 1 atom stereocenters. The number of likely N-dealkylation sites (N-methyl/N-ethyl adjacent to an activating group) is 1. The molecule has 1 saturated carbocycles. The standard InChI is InChI=1S/C25H26N2O4/c1-26-19-10-6-5-9-18(19)23-22(15-7-3-2-4-8-15)17-12-11-16(24(28)29)13-20(17)27(23)14-21(26)25(30)31/h5-6,9-13,15,21H,2-4,7-8,14H2,1H3,(H,28,29)(H,30,31). The molecule has 0 bridgehead atoms. The van der Waals surface area contributed by atoms with Gasteiger partial charge in [-0.1, -0.05) is 43.5 Å². The Kier molecular flexibility index (Phi) is 4.73. The van der Waals surface area contributed by atoms with E-state index in [2.05, 4.69) is 10.6 Å². The van der Waals surface area contributed by atoms with E-state index >= 15 is 0 Å². The molecular weight excluding hydrogens is 392 g/mol. The molecule has 0 amide bonds. The molecule has 1 fully saturated rings. The third kappa shape index (κ3) is 3.09. The van der Waals surface area contributed by atoms with Crippen LogP contribution in [-0.4, -0.2) is 39.8 Å². The second kappa shape index (κ2) is 7.45. The summed E-state index contributed by atoms with van der Waals surface area (Å²) >= 11 is 0. The quantitative estimate of drug-likeness (QED) is 0.628. The van der Waals surface area contributed by atoms with Crippen LogP contribution in [0.15, 0.2) is 42.5 Å². The maximum Gasteiger partial charge on any atom is 0.335 e. The van der Waals surface area contributed by atoms with E-state index in [1.54, 1.807) is 12.1 Å². The number of benzene rings is 2. The molecule has 3 aromatic rings. The number of anilines is 1. The van der Waals surface area contributed by atoms with Crippen molar-refractivity contribution in [2.45, 2.75) is 50.6 Å². The van der Waals surface area contributed by atoms with Gasteiger partial charge in [0.05, 0.1) is 17.8 Å². The average Bonchev–Trinajstić information content (AvgIpc) is 3.03. The maximum absolute atomic E-state index is 12.2. The van der Waals surface area contributed by atoms with E-state index in [9.17, 15) is 19.8 Å². The number of fused-ring (bicyclic) bond motifs is 5. The zero-order valence-corrected chi connectivity index (χ0v) is 17.5. The molecule has 0 radical (unpaired) electrons. The van der Waals surface area contributed by atoms with Gasteiger partial charge in [-0.2, -0.15) is 0 Å². The summed E-state index contributed by atoms with van der Waals surface area (Å²) in [5, 5.41) is 20.6. The van der Waals surface area contributed by atoms with Gasteiger partial charge in [0.15, 0.2) is 0 Å². The minimum absolute atomic E-state index is 0.223. The number of nitrogens with zero attached hydrogens (tertiary/aromatic N) is 2. The fourth-order valence-corrected chi connectivity index (χ4v) is 5.48. The first-order chi connectivity index (χ1) is 15.0. The molecule has 2 N–H and O–H groups in total. The summed E-state index contributed by atoms with van der Waals surface area (Å²) in [5.74, 6) is -1.47. The van der Waals surface area contributed by atoms with Gasteiger partial charge in [0, 0.05) is 29.2 Å². The van der Waals surface area contributed by atoms with Crippen molar-refractivity contribution < 1.29 is 19.8 Å². The highest BCUT2D eigenvalue weighted by molar-refractivity contribution is 6.00. The molecule has 5 rings (SSSR count). The fraction of sp³-hybridized carbons (Fsp3) is 0.360. The highest BCUT2D eigenvalue weighted by Crippen LogP contribution is 2.47. The maximum atomic E-state index is 12.2. The molecule has 1 aliphatic carbocycles. The van der Waals surface area contributed by atoms with Crippen LogP contribution in [0.4, 0.5) is 5.69 Å². The highest BCUT2D eigenvalue weighted by Gasteiger charge is 2.35. The normalized spacial score (nSPS) is 19.0. The number of hydrogen-bond donors (Lipinski definition) is 2. The predicted octanol–water partition coefficient (Wildman–Crippen LogP) is 4.96. The summed E-state index contributed by atoms with van der Waals surface area (Å²) in [6, 6.07) is 12.5. The second-order valence-corrected chi connectivity index (χ2v) is 8.73. The van der Waals surface area contributed by atoms with E-state index in [0.717, 1.165) is 40.7 Å². The lowest BCUT2D eigenvalue weighted by Gasteiger charge is -2.26. The number of para-hydroxylation sites is 1.